The maximum Gasteiger partial charge on any atom is 0.184 e. The van der Waals surface area contributed by atoms with Crippen LogP contribution in [0.5, 0.6) is 0 Å². The number of hydrogen-bond donors (Lipinski definition) is 0. The first-order valence-corrected chi connectivity index (χ1v) is 9.46. The van der Waals surface area contributed by atoms with Gasteiger partial charge in [-0.25, -0.2) is 13.4 Å². The van der Waals surface area contributed by atoms with Gasteiger partial charge in [0.1, 0.15) is 17.3 Å². The summed E-state index contributed by atoms with van der Waals surface area (Å²) in [5.41, 5.74) is 2.25. The fourth-order valence-corrected chi connectivity index (χ4v) is 3.15. The van der Waals surface area contributed by atoms with Crippen LogP contribution >= 0.6 is 0 Å². The lowest BCUT2D eigenvalue weighted by atomic mass is 10.1. The predicted molar refractivity (Wildman–Crippen MR) is 93.2 cm³/mol. The molecule has 0 saturated carbocycles. The standard InChI is InChI=1S/C17H21N3O3S/c1-4-24(22,23)12-17-19-11-15(20(17)3)16(21)9-13(2)8-14-6-5-7-18-10-14/h5-8,10-11H,4,9,12H2,1-3H3/b13-8+. The minimum atomic E-state index is -3.18. The van der Waals surface area contributed by atoms with Gasteiger partial charge in [-0.3, -0.25) is 9.78 Å². The van der Waals surface area contributed by atoms with Crippen molar-refractivity contribution in [2.24, 2.45) is 7.05 Å². The van der Waals surface area contributed by atoms with Crippen molar-refractivity contribution in [3.8, 4) is 0 Å². The van der Waals surface area contributed by atoms with Crippen LogP contribution in [0.2, 0.25) is 0 Å². The van der Waals surface area contributed by atoms with E-state index in [1.54, 1.807) is 30.9 Å². The molecule has 0 amide bonds. The van der Waals surface area contributed by atoms with Crippen molar-refractivity contribution in [1.29, 1.82) is 0 Å². The van der Waals surface area contributed by atoms with Crippen molar-refractivity contribution in [1.82, 2.24) is 14.5 Å². The van der Waals surface area contributed by atoms with Crippen molar-refractivity contribution in [3.05, 3.63) is 53.4 Å². The lowest BCUT2D eigenvalue weighted by molar-refractivity contribution is 0.0985. The van der Waals surface area contributed by atoms with Crippen LogP contribution in [0.4, 0.5) is 0 Å². The van der Waals surface area contributed by atoms with Crippen LogP contribution in [0.15, 0.2) is 36.3 Å². The zero-order valence-electron chi connectivity index (χ0n) is 14.1. The van der Waals surface area contributed by atoms with E-state index in [1.165, 1.54) is 6.20 Å². The molecule has 0 bridgehead atoms. The quantitative estimate of drug-likeness (QED) is 0.719. The molecule has 0 spiro atoms. The van der Waals surface area contributed by atoms with Gasteiger partial charge in [0.05, 0.1) is 6.20 Å². The fraction of sp³-hybridized carbons (Fsp3) is 0.353. The summed E-state index contributed by atoms with van der Waals surface area (Å²) in [4.78, 5) is 20.6. The van der Waals surface area contributed by atoms with E-state index in [4.69, 9.17) is 0 Å². The number of Topliss-reactive ketones (excluding diaryl/α,β-unsaturated/α-hetero) is 1. The fourth-order valence-electron chi connectivity index (χ4n) is 2.28. The van der Waals surface area contributed by atoms with Crippen molar-refractivity contribution < 1.29 is 13.2 Å². The molecular weight excluding hydrogens is 326 g/mol. The molecule has 2 rings (SSSR count). The van der Waals surface area contributed by atoms with E-state index >= 15 is 0 Å². The summed E-state index contributed by atoms with van der Waals surface area (Å²) in [5.74, 6) is 0.185. The van der Waals surface area contributed by atoms with E-state index in [1.807, 2.05) is 25.1 Å². The molecule has 0 unspecified atom stereocenters. The molecular formula is C17H21N3O3S. The maximum atomic E-state index is 12.4. The number of rotatable bonds is 7. The van der Waals surface area contributed by atoms with Crippen LogP contribution in [-0.2, 0) is 22.6 Å². The number of imidazole rings is 1. The average Bonchev–Trinajstić information content (AvgIpc) is 2.88. The minimum absolute atomic E-state index is 0.0517. The number of aromatic nitrogens is 3. The summed E-state index contributed by atoms with van der Waals surface area (Å²) in [6.45, 7) is 3.47. The van der Waals surface area contributed by atoms with Crippen molar-refractivity contribution in [2.45, 2.75) is 26.0 Å². The molecule has 0 N–H and O–H groups in total. The first kappa shape index (κ1) is 18.1. The Morgan fingerprint density at radius 1 is 1.33 bits per heavy atom. The van der Waals surface area contributed by atoms with Gasteiger partial charge in [-0.1, -0.05) is 24.6 Å². The third-order valence-corrected chi connectivity index (χ3v) is 5.27. The zero-order chi connectivity index (χ0) is 17.7. The molecule has 0 fully saturated rings. The minimum Gasteiger partial charge on any atom is -0.328 e. The van der Waals surface area contributed by atoms with E-state index in [0.717, 1.165) is 11.1 Å². The first-order chi connectivity index (χ1) is 11.3. The summed E-state index contributed by atoms with van der Waals surface area (Å²) in [6.07, 6.45) is 7.02. The van der Waals surface area contributed by atoms with Crippen molar-refractivity contribution in [3.63, 3.8) is 0 Å². The smallest absolute Gasteiger partial charge is 0.184 e. The Kier molecular flexibility index (Phi) is 5.66. The molecule has 0 aliphatic rings. The van der Waals surface area contributed by atoms with Gasteiger partial charge in [0.2, 0.25) is 0 Å². The SMILES string of the molecule is CCS(=O)(=O)Cc1ncc(C(=O)C/C(C)=C/c2cccnc2)n1C. The summed E-state index contributed by atoms with van der Waals surface area (Å²) < 4.78 is 25.0. The van der Waals surface area contributed by atoms with Gasteiger partial charge < -0.3 is 4.57 Å². The Bertz CT molecular complexity index is 852. The number of allylic oxidation sites excluding steroid dienone is 1. The van der Waals surface area contributed by atoms with E-state index in [-0.39, 0.29) is 23.7 Å². The normalized spacial score (nSPS) is 12.4. The second-order valence-electron chi connectivity index (χ2n) is 5.67. The predicted octanol–water partition coefficient (Wildman–Crippen LogP) is 2.43. The van der Waals surface area contributed by atoms with Gasteiger partial charge in [-0.2, -0.15) is 0 Å². The topological polar surface area (TPSA) is 81.9 Å². The zero-order valence-corrected chi connectivity index (χ0v) is 14.9. The highest BCUT2D eigenvalue weighted by Crippen LogP contribution is 2.14. The second-order valence-corrected chi connectivity index (χ2v) is 8.03. The van der Waals surface area contributed by atoms with E-state index in [0.29, 0.717) is 11.5 Å². The number of sulfone groups is 1. The molecule has 0 radical (unpaired) electrons. The summed E-state index contributed by atoms with van der Waals surface area (Å²) in [6, 6.07) is 3.75. The highest BCUT2D eigenvalue weighted by atomic mass is 32.2. The van der Waals surface area contributed by atoms with Crippen molar-refractivity contribution in [2.75, 3.05) is 5.75 Å². The third-order valence-electron chi connectivity index (χ3n) is 3.70. The summed E-state index contributed by atoms with van der Waals surface area (Å²) >= 11 is 0. The van der Waals surface area contributed by atoms with Crippen LogP contribution in [0.1, 0.15) is 42.1 Å². The average molecular weight is 347 g/mol. The Labute approximate surface area is 142 Å². The molecule has 0 atom stereocenters. The molecule has 2 aromatic rings. The number of carbonyl (C=O) groups excluding carboxylic acids is 1. The Balaban J connectivity index is 2.13. The first-order valence-electron chi connectivity index (χ1n) is 7.64. The number of pyridine rings is 1. The van der Waals surface area contributed by atoms with Crippen LogP contribution < -0.4 is 0 Å². The largest absolute Gasteiger partial charge is 0.328 e. The molecule has 24 heavy (non-hydrogen) atoms. The summed E-state index contributed by atoms with van der Waals surface area (Å²) in [5, 5.41) is 0. The van der Waals surface area contributed by atoms with Gasteiger partial charge >= 0.3 is 0 Å². The molecule has 0 aliphatic heterocycles. The van der Waals surface area contributed by atoms with Gasteiger partial charge in [0, 0.05) is 31.6 Å². The lowest BCUT2D eigenvalue weighted by Crippen LogP contribution is -2.13. The molecule has 7 heteroatoms. The highest BCUT2D eigenvalue weighted by Gasteiger charge is 2.18. The Hall–Kier alpha value is -2.28. The van der Waals surface area contributed by atoms with Crippen molar-refractivity contribution >= 4 is 21.7 Å². The monoisotopic (exact) mass is 347 g/mol. The van der Waals surface area contributed by atoms with Crippen LogP contribution in [0, 0.1) is 0 Å². The molecule has 0 aromatic carbocycles. The maximum absolute atomic E-state index is 12.4. The molecule has 2 heterocycles. The lowest BCUT2D eigenvalue weighted by Gasteiger charge is -2.06. The number of carbonyl (C=O) groups is 1. The molecule has 128 valence electrons. The van der Waals surface area contributed by atoms with E-state index in [2.05, 4.69) is 9.97 Å². The van der Waals surface area contributed by atoms with Crippen LogP contribution in [0.25, 0.3) is 6.08 Å². The molecule has 0 saturated heterocycles. The summed E-state index contributed by atoms with van der Waals surface area (Å²) in [7, 11) is -1.52. The number of nitrogens with zero attached hydrogens (tertiary/aromatic N) is 3. The van der Waals surface area contributed by atoms with Crippen LogP contribution in [-0.4, -0.2) is 34.5 Å². The van der Waals surface area contributed by atoms with E-state index < -0.39 is 9.84 Å². The van der Waals surface area contributed by atoms with Gasteiger partial charge in [0.25, 0.3) is 0 Å². The third kappa shape index (κ3) is 4.61. The molecule has 0 aliphatic carbocycles. The molecule has 2 aromatic heterocycles. The molecule has 6 nitrogen and oxygen atoms in total. The second kappa shape index (κ2) is 7.53. The highest BCUT2D eigenvalue weighted by molar-refractivity contribution is 7.90. The Morgan fingerprint density at radius 3 is 2.71 bits per heavy atom. The van der Waals surface area contributed by atoms with Crippen LogP contribution in [0.3, 0.4) is 0 Å². The van der Waals surface area contributed by atoms with E-state index in [9.17, 15) is 13.2 Å². The van der Waals surface area contributed by atoms with Gasteiger partial charge in [0.15, 0.2) is 15.6 Å². The van der Waals surface area contributed by atoms with Gasteiger partial charge in [-0.05, 0) is 18.6 Å². The Morgan fingerprint density at radius 2 is 2.08 bits per heavy atom. The number of ketones is 1. The van der Waals surface area contributed by atoms with Gasteiger partial charge in [-0.15, -0.1) is 0 Å². The number of hydrogen-bond acceptors (Lipinski definition) is 5.